The van der Waals surface area contributed by atoms with Gasteiger partial charge in [-0.1, -0.05) is 5.16 Å². The van der Waals surface area contributed by atoms with Crippen LogP contribution in [0, 0.1) is 0 Å². The Morgan fingerprint density at radius 3 is 3.05 bits per heavy atom. The lowest BCUT2D eigenvalue weighted by Crippen LogP contribution is -2.41. The third kappa shape index (κ3) is 2.88. The van der Waals surface area contributed by atoms with Gasteiger partial charge in [0.1, 0.15) is 11.1 Å². The van der Waals surface area contributed by atoms with Gasteiger partial charge in [0, 0.05) is 18.5 Å². The number of hydrogen-bond acceptors (Lipinski definition) is 6. The fourth-order valence-corrected chi connectivity index (χ4v) is 2.04. The molecule has 1 aliphatic rings. The van der Waals surface area contributed by atoms with Crippen LogP contribution >= 0.6 is 0 Å². The van der Waals surface area contributed by atoms with Crippen LogP contribution in [0.2, 0.25) is 0 Å². The zero-order valence-electron chi connectivity index (χ0n) is 11.8. The van der Waals surface area contributed by atoms with Crippen molar-refractivity contribution in [2.45, 2.75) is 37.8 Å². The average molecular weight is 290 g/mol. The van der Waals surface area contributed by atoms with E-state index >= 15 is 0 Å². The normalized spacial score (nSPS) is 18.2. The smallest absolute Gasteiger partial charge is 0.263 e. The van der Waals surface area contributed by atoms with Crippen LogP contribution in [0.15, 0.2) is 27.8 Å². The Morgan fingerprint density at radius 1 is 1.57 bits per heavy atom. The Labute approximate surface area is 121 Å². The molecule has 0 aliphatic heterocycles. The van der Waals surface area contributed by atoms with E-state index in [2.05, 4.69) is 15.1 Å². The van der Waals surface area contributed by atoms with Crippen LogP contribution in [0.3, 0.4) is 0 Å². The molecular formula is C14H18N4O3. The van der Waals surface area contributed by atoms with Gasteiger partial charge < -0.3 is 20.0 Å². The van der Waals surface area contributed by atoms with Crippen LogP contribution in [-0.4, -0.2) is 27.8 Å². The van der Waals surface area contributed by atoms with Gasteiger partial charge in [-0.3, -0.25) is 4.79 Å². The summed E-state index contributed by atoms with van der Waals surface area (Å²) in [6.07, 6.45) is 6.71. The number of hydrogen-bond donors (Lipinski definition) is 2. The number of rotatable bonds is 5. The maximum absolute atomic E-state index is 11.7. The lowest BCUT2D eigenvalue weighted by molar-refractivity contribution is -0.0222. The van der Waals surface area contributed by atoms with Crippen molar-refractivity contribution in [1.82, 2.24) is 15.1 Å². The minimum absolute atomic E-state index is 0.159. The predicted molar refractivity (Wildman–Crippen MR) is 75.5 cm³/mol. The second-order valence-electron chi connectivity index (χ2n) is 5.63. The zero-order chi connectivity index (χ0) is 14.9. The van der Waals surface area contributed by atoms with Gasteiger partial charge in [0.25, 0.3) is 5.89 Å². The molecule has 1 unspecified atom stereocenters. The largest absolute Gasteiger partial charge is 0.376 e. The number of pyridine rings is 1. The molecule has 21 heavy (non-hydrogen) atoms. The van der Waals surface area contributed by atoms with E-state index in [-0.39, 0.29) is 17.4 Å². The quantitative estimate of drug-likeness (QED) is 0.856. The molecule has 0 spiro atoms. The molecule has 3 N–H and O–H groups in total. The molecular weight excluding hydrogens is 272 g/mol. The monoisotopic (exact) mass is 290 g/mol. The first-order chi connectivity index (χ1) is 10.1. The first-order valence-corrected chi connectivity index (χ1v) is 6.98. The van der Waals surface area contributed by atoms with Gasteiger partial charge in [0.2, 0.25) is 0 Å². The van der Waals surface area contributed by atoms with E-state index in [1.165, 1.54) is 18.7 Å². The SMILES string of the molecule is CC(N)(COC1CCC1)c1noc(-c2c[nH]ccc2=O)n1. The number of H-pyrrole nitrogens is 1. The van der Waals surface area contributed by atoms with Crippen LogP contribution < -0.4 is 11.2 Å². The van der Waals surface area contributed by atoms with Crippen molar-refractivity contribution in [3.05, 3.63) is 34.5 Å². The highest BCUT2D eigenvalue weighted by molar-refractivity contribution is 5.50. The molecule has 1 aliphatic carbocycles. The Bertz CT molecular complexity index is 673. The highest BCUT2D eigenvalue weighted by Gasteiger charge is 2.31. The Hall–Kier alpha value is -1.99. The Balaban J connectivity index is 1.77. The van der Waals surface area contributed by atoms with Crippen molar-refractivity contribution in [3.63, 3.8) is 0 Å². The van der Waals surface area contributed by atoms with Crippen LogP contribution in [0.5, 0.6) is 0 Å². The maximum Gasteiger partial charge on any atom is 0.263 e. The number of ether oxygens (including phenoxy) is 1. The topological polar surface area (TPSA) is 107 Å². The van der Waals surface area contributed by atoms with Gasteiger partial charge in [-0.25, -0.2) is 0 Å². The van der Waals surface area contributed by atoms with Crippen LogP contribution in [0.4, 0.5) is 0 Å². The molecule has 0 saturated heterocycles. The summed E-state index contributed by atoms with van der Waals surface area (Å²) in [6, 6.07) is 1.40. The lowest BCUT2D eigenvalue weighted by atomic mass is 9.95. The third-order valence-corrected chi connectivity index (χ3v) is 3.66. The molecule has 0 bridgehead atoms. The minimum Gasteiger partial charge on any atom is -0.376 e. The highest BCUT2D eigenvalue weighted by Crippen LogP contribution is 2.25. The summed E-state index contributed by atoms with van der Waals surface area (Å²) in [4.78, 5) is 18.8. The molecule has 1 atom stereocenters. The van der Waals surface area contributed by atoms with Gasteiger partial charge in [0.15, 0.2) is 11.3 Å². The van der Waals surface area contributed by atoms with E-state index in [1.807, 2.05) is 0 Å². The van der Waals surface area contributed by atoms with E-state index in [4.69, 9.17) is 15.0 Å². The first kappa shape index (κ1) is 14.0. The average Bonchev–Trinajstić information content (AvgIpc) is 2.87. The molecule has 7 heteroatoms. The van der Waals surface area contributed by atoms with Crippen molar-refractivity contribution < 1.29 is 9.26 Å². The van der Waals surface area contributed by atoms with Gasteiger partial charge >= 0.3 is 0 Å². The molecule has 7 nitrogen and oxygen atoms in total. The molecule has 1 saturated carbocycles. The maximum atomic E-state index is 11.7. The minimum atomic E-state index is -0.848. The molecule has 3 rings (SSSR count). The molecule has 0 amide bonds. The first-order valence-electron chi connectivity index (χ1n) is 6.98. The molecule has 0 radical (unpaired) electrons. The number of nitrogens with one attached hydrogen (secondary N) is 1. The number of aromatic amines is 1. The van der Waals surface area contributed by atoms with Crippen molar-refractivity contribution in [1.29, 1.82) is 0 Å². The third-order valence-electron chi connectivity index (χ3n) is 3.66. The molecule has 2 aromatic rings. The molecule has 2 heterocycles. The lowest BCUT2D eigenvalue weighted by Gasteiger charge is -2.29. The van der Waals surface area contributed by atoms with E-state index < -0.39 is 5.54 Å². The predicted octanol–water partition coefficient (Wildman–Crippen LogP) is 1.17. The number of aromatic nitrogens is 3. The summed E-state index contributed by atoms with van der Waals surface area (Å²) in [5.74, 6) is 0.493. The molecule has 2 aromatic heterocycles. The van der Waals surface area contributed by atoms with Crippen molar-refractivity contribution in [2.75, 3.05) is 6.61 Å². The zero-order valence-corrected chi connectivity index (χ0v) is 11.8. The standard InChI is InChI=1S/C14H18N4O3/c1-14(15,8-20-9-3-2-4-9)13-17-12(21-18-13)10-7-16-6-5-11(10)19/h5-7,9H,2-4,8,15H2,1H3,(H,16,19). The fraction of sp³-hybridized carbons (Fsp3) is 0.500. The van der Waals surface area contributed by atoms with E-state index in [0.29, 0.717) is 18.0 Å². The van der Waals surface area contributed by atoms with E-state index in [0.717, 1.165) is 12.8 Å². The van der Waals surface area contributed by atoms with Crippen LogP contribution in [0.1, 0.15) is 32.0 Å². The fourth-order valence-electron chi connectivity index (χ4n) is 2.04. The van der Waals surface area contributed by atoms with Gasteiger partial charge in [0.05, 0.1) is 12.7 Å². The van der Waals surface area contributed by atoms with E-state index in [1.54, 1.807) is 13.1 Å². The van der Waals surface area contributed by atoms with Crippen LogP contribution in [-0.2, 0) is 10.3 Å². The molecule has 1 fully saturated rings. The number of nitrogens with two attached hydrogens (primary N) is 1. The summed E-state index contributed by atoms with van der Waals surface area (Å²) in [5.41, 5.74) is 5.49. The van der Waals surface area contributed by atoms with E-state index in [9.17, 15) is 4.79 Å². The second kappa shape index (κ2) is 5.42. The van der Waals surface area contributed by atoms with Crippen molar-refractivity contribution >= 4 is 0 Å². The van der Waals surface area contributed by atoms with Crippen molar-refractivity contribution in [3.8, 4) is 11.5 Å². The summed E-state index contributed by atoms with van der Waals surface area (Å²) in [6.45, 7) is 2.11. The summed E-state index contributed by atoms with van der Waals surface area (Å²) in [5, 5.41) is 3.88. The highest BCUT2D eigenvalue weighted by atomic mass is 16.5. The summed E-state index contributed by atoms with van der Waals surface area (Å²) in [7, 11) is 0. The molecule has 0 aromatic carbocycles. The van der Waals surface area contributed by atoms with Gasteiger partial charge in [-0.05, 0) is 26.2 Å². The van der Waals surface area contributed by atoms with Gasteiger partial charge in [-0.15, -0.1) is 0 Å². The number of nitrogens with zero attached hydrogens (tertiary/aromatic N) is 2. The van der Waals surface area contributed by atoms with Crippen molar-refractivity contribution in [2.24, 2.45) is 5.73 Å². The van der Waals surface area contributed by atoms with Crippen LogP contribution in [0.25, 0.3) is 11.5 Å². The van der Waals surface area contributed by atoms with Gasteiger partial charge in [-0.2, -0.15) is 4.98 Å². The second-order valence-corrected chi connectivity index (χ2v) is 5.63. The Kier molecular flexibility index (Phi) is 3.60. The summed E-state index contributed by atoms with van der Waals surface area (Å²) >= 11 is 0. The Morgan fingerprint density at radius 2 is 2.38 bits per heavy atom. The molecule has 112 valence electrons. The summed E-state index contributed by atoms with van der Waals surface area (Å²) < 4.78 is 10.9.